The van der Waals surface area contributed by atoms with Crippen molar-refractivity contribution in [2.75, 3.05) is 30.8 Å². The van der Waals surface area contributed by atoms with Crippen molar-refractivity contribution in [1.82, 2.24) is 19.5 Å². The normalized spacial score (nSPS) is 33.7. The number of fused-ring (bicyclic) bond motifs is 2. The van der Waals surface area contributed by atoms with Gasteiger partial charge in [0.2, 0.25) is 5.95 Å². The molecule has 5 atom stereocenters. The summed E-state index contributed by atoms with van der Waals surface area (Å²) in [5.41, 5.74) is 4.55. The van der Waals surface area contributed by atoms with Crippen LogP contribution in [0.2, 0.25) is 0 Å². The zero-order valence-electron chi connectivity index (χ0n) is 17.1. The number of nitrogens with one attached hydrogen (secondary N) is 1. The van der Waals surface area contributed by atoms with Crippen molar-refractivity contribution in [3.05, 3.63) is 6.33 Å². The molecule has 4 rings (SSSR count). The summed E-state index contributed by atoms with van der Waals surface area (Å²) in [5, 5.41) is 3.14. The molecule has 0 amide bonds. The molecule has 30 heavy (non-hydrogen) atoms. The van der Waals surface area contributed by atoms with Crippen LogP contribution < -0.4 is 11.1 Å². The Labute approximate surface area is 173 Å². The molecule has 2 aliphatic heterocycles. The van der Waals surface area contributed by atoms with E-state index in [-0.39, 0.29) is 19.2 Å². The third kappa shape index (κ3) is 3.67. The van der Waals surface area contributed by atoms with Crippen molar-refractivity contribution < 1.29 is 27.3 Å². The molecule has 1 unspecified atom stereocenters. The number of halogens is 1. The number of aromatic nitrogens is 4. The van der Waals surface area contributed by atoms with E-state index in [2.05, 4.69) is 20.3 Å². The topological polar surface area (TPSA) is 136 Å². The van der Waals surface area contributed by atoms with Crippen LogP contribution in [0.4, 0.5) is 16.2 Å². The van der Waals surface area contributed by atoms with Gasteiger partial charge < -0.3 is 15.8 Å². The van der Waals surface area contributed by atoms with Crippen molar-refractivity contribution >= 4 is 30.8 Å². The van der Waals surface area contributed by atoms with E-state index in [9.17, 15) is 4.57 Å². The first-order valence-corrected chi connectivity index (χ1v) is 11.4. The van der Waals surface area contributed by atoms with Crippen molar-refractivity contribution in [2.24, 2.45) is 0 Å². The zero-order chi connectivity index (χ0) is 21.5. The Morgan fingerprint density at radius 1 is 1.43 bits per heavy atom. The average molecular weight is 444 g/mol. The van der Waals surface area contributed by atoms with Crippen LogP contribution >= 0.6 is 7.82 Å². The molecule has 166 valence electrons. The summed E-state index contributed by atoms with van der Waals surface area (Å²) in [7, 11) is -3.86. The standard InChI is InChI=1S/C17H26FN6O5P/c1-4-6-20-13-11-14(23-16(19)22-13)24(9-21-11)15-17(3,18)12-10(28-15)8-27-30(25,29-12)26-7-5-2/h9-10,12,15H,4-8H2,1-3H3,(H3,19,20,22,23)/t10-,12-,15-,17-,30?/m1/s1. The predicted molar refractivity (Wildman–Crippen MR) is 107 cm³/mol. The van der Waals surface area contributed by atoms with Gasteiger partial charge in [0.1, 0.15) is 12.2 Å². The van der Waals surface area contributed by atoms with Crippen molar-refractivity contribution in [3.8, 4) is 0 Å². The first-order chi connectivity index (χ1) is 14.3. The maximum absolute atomic E-state index is 16.0. The van der Waals surface area contributed by atoms with Gasteiger partial charge in [-0.1, -0.05) is 13.8 Å². The van der Waals surface area contributed by atoms with Crippen LogP contribution in [0, 0.1) is 0 Å². The Bertz CT molecular complexity index is 972. The minimum Gasteiger partial charge on any atom is -0.368 e. The van der Waals surface area contributed by atoms with Gasteiger partial charge in [-0.05, 0) is 19.8 Å². The lowest BCUT2D eigenvalue weighted by Gasteiger charge is -2.33. The molecule has 2 aromatic rings. The third-order valence-electron chi connectivity index (χ3n) is 5.01. The Morgan fingerprint density at radius 2 is 2.23 bits per heavy atom. The lowest BCUT2D eigenvalue weighted by molar-refractivity contribution is -0.0706. The van der Waals surface area contributed by atoms with Crippen molar-refractivity contribution in [2.45, 2.75) is 57.7 Å². The number of phosphoric ester groups is 1. The summed E-state index contributed by atoms with van der Waals surface area (Å²) in [6.45, 7) is 5.92. The van der Waals surface area contributed by atoms with Crippen LogP contribution in [0.3, 0.4) is 0 Å². The summed E-state index contributed by atoms with van der Waals surface area (Å²) in [4.78, 5) is 12.7. The second-order valence-electron chi connectivity index (χ2n) is 7.46. The number of rotatable bonds is 7. The van der Waals surface area contributed by atoms with Gasteiger partial charge in [-0.3, -0.25) is 18.1 Å². The van der Waals surface area contributed by atoms with Crippen molar-refractivity contribution in [3.63, 3.8) is 0 Å². The van der Waals surface area contributed by atoms with Crippen LogP contribution in [0.5, 0.6) is 0 Å². The van der Waals surface area contributed by atoms with E-state index in [0.717, 1.165) is 6.42 Å². The minimum absolute atomic E-state index is 0.0240. The maximum atomic E-state index is 16.0. The molecular weight excluding hydrogens is 418 g/mol. The molecule has 0 spiro atoms. The molecule has 2 saturated heterocycles. The maximum Gasteiger partial charge on any atom is 0.475 e. The van der Waals surface area contributed by atoms with Gasteiger partial charge >= 0.3 is 7.82 Å². The molecular formula is C17H26FN6O5P. The fourth-order valence-electron chi connectivity index (χ4n) is 3.59. The molecule has 0 aromatic carbocycles. The smallest absolute Gasteiger partial charge is 0.368 e. The summed E-state index contributed by atoms with van der Waals surface area (Å²) in [6.07, 6.45) is -0.148. The predicted octanol–water partition coefficient (Wildman–Crippen LogP) is 2.81. The molecule has 2 aromatic heterocycles. The Kier molecular flexibility index (Phi) is 5.71. The van der Waals surface area contributed by atoms with E-state index in [0.29, 0.717) is 29.9 Å². The summed E-state index contributed by atoms with van der Waals surface area (Å²) < 4.78 is 51.9. The van der Waals surface area contributed by atoms with E-state index >= 15 is 4.39 Å². The first kappa shape index (κ1) is 21.4. The minimum atomic E-state index is -3.86. The lowest BCUT2D eigenvalue weighted by atomic mass is 9.98. The lowest BCUT2D eigenvalue weighted by Crippen LogP contribution is -2.44. The van der Waals surface area contributed by atoms with Gasteiger partial charge in [0.15, 0.2) is 28.9 Å². The molecule has 0 radical (unpaired) electrons. The van der Waals surface area contributed by atoms with Crippen LogP contribution in [0.25, 0.3) is 11.2 Å². The average Bonchev–Trinajstić information content (AvgIpc) is 3.23. The highest BCUT2D eigenvalue weighted by molar-refractivity contribution is 7.48. The second-order valence-corrected chi connectivity index (χ2v) is 9.08. The highest BCUT2D eigenvalue weighted by Gasteiger charge is 2.61. The number of imidazole rings is 1. The Balaban J connectivity index is 1.66. The summed E-state index contributed by atoms with van der Waals surface area (Å²) in [6, 6.07) is 0. The van der Waals surface area contributed by atoms with Crippen molar-refractivity contribution in [1.29, 1.82) is 0 Å². The molecule has 4 heterocycles. The number of alkyl halides is 1. The number of nitrogens with zero attached hydrogens (tertiary/aromatic N) is 4. The molecule has 11 nitrogen and oxygen atoms in total. The van der Waals surface area contributed by atoms with Crippen LogP contribution in [-0.2, 0) is 22.9 Å². The molecule has 2 fully saturated rings. The fourth-order valence-corrected chi connectivity index (χ4v) is 5.14. The zero-order valence-corrected chi connectivity index (χ0v) is 18.0. The van der Waals surface area contributed by atoms with E-state index in [4.69, 9.17) is 24.0 Å². The van der Waals surface area contributed by atoms with Gasteiger partial charge in [-0.25, -0.2) is 13.9 Å². The van der Waals surface area contributed by atoms with Gasteiger partial charge in [0.25, 0.3) is 0 Å². The summed E-state index contributed by atoms with van der Waals surface area (Å²) >= 11 is 0. The fraction of sp³-hybridized carbons (Fsp3) is 0.706. The van der Waals surface area contributed by atoms with Gasteiger partial charge in [-0.2, -0.15) is 9.97 Å². The number of anilines is 2. The largest absolute Gasteiger partial charge is 0.475 e. The first-order valence-electron chi connectivity index (χ1n) is 9.95. The number of ether oxygens (including phenoxy) is 1. The van der Waals surface area contributed by atoms with E-state index in [1.54, 1.807) is 0 Å². The molecule has 0 saturated carbocycles. The van der Waals surface area contributed by atoms with E-state index in [1.165, 1.54) is 17.8 Å². The number of hydrogen-bond donors (Lipinski definition) is 2. The SMILES string of the molecule is CCCNc1nc(N)nc2c1ncn2[C@@H]1O[C@@H]2COP(=O)(OCCC)O[C@H]2[C@@]1(C)F. The molecule has 0 aliphatic carbocycles. The summed E-state index contributed by atoms with van der Waals surface area (Å²) in [5.74, 6) is 0.488. The number of hydrogen-bond acceptors (Lipinski definition) is 10. The van der Waals surface area contributed by atoms with Crippen LogP contribution in [0.1, 0.15) is 39.8 Å². The number of nitrogens with two attached hydrogens (primary N) is 1. The van der Waals surface area contributed by atoms with E-state index in [1.807, 2.05) is 13.8 Å². The van der Waals surface area contributed by atoms with Gasteiger partial charge in [-0.15, -0.1) is 0 Å². The monoisotopic (exact) mass is 444 g/mol. The third-order valence-corrected chi connectivity index (χ3v) is 6.46. The number of phosphoric acid groups is 1. The Morgan fingerprint density at radius 3 is 2.97 bits per heavy atom. The highest BCUT2D eigenvalue weighted by Crippen LogP contribution is 2.59. The van der Waals surface area contributed by atoms with E-state index < -0.39 is 31.9 Å². The quantitative estimate of drug-likeness (QED) is 0.614. The highest BCUT2D eigenvalue weighted by atomic mass is 31.2. The molecule has 13 heteroatoms. The molecule has 3 N–H and O–H groups in total. The van der Waals surface area contributed by atoms with Crippen LogP contribution in [-0.4, -0.2) is 57.2 Å². The van der Waals surface area contributed by atoms with Gasteiger partial charge in [0.05, 0.1) is 19.5 Å². The molecule has 0 bridgehead atoms. The van der Waals surface area contributed by atoms with Gasteiger partial charge in [0, 0.05) is 6.54 Å². The molecule has 2 aliphatic rings. The second kappa shape index (κ2) is 8.01. The number of nitrogen functional groups attached to an aromatic ring is 1. The Hall–Kier alpha value is -1.85. The van der Waals surface area contributed by atoms with Crippen LogP contribution in [0.15, 0.2) is 6.33 Å².